The molecule has 0 saturated heterocycles. The largest absolute Gasteiger partial charge is 0.433 e. The highest BCUT2D eigenvalue weighted by atomic mass is 35.5. The molecule has 1 N–H and O–H groups in total. The summed E-state index contributed by atoms with van der Waals surface area (Å²) in [6.07, 6.45) is 0.688. The van der Waals surface area contributed by atoms with Crippen LogP contribution in [0.3, 0.4) is 0 Å². The summed E-state index contributed by atoms with van der Waals surface area (Å²) in [6.45, 7) is 5.04. The Bertz CT molecular complexity index is 1660. The van der Waals surface area contributed by atoms with Crippen molar-refractivity contribution in [2.45, 2.75) is 45.8 Å². The number of hydrogen-bond acceptors (Lipinski definition) is 4. The van der Waals surface area contributed by atoms with Crippen LogP contribution in [0.5, 0.6) is 0 Å². The Kier molecular flexibility index (Phi) is 6.33. The number of H-pyrrole nitrogens is 1. The van der Waals surface area contributed by atoms with Crippen molar-refractivity contribution in [3.05, 3.63) is 88.0 Å². The molecule has 0 spiro atoms. The van der Waals surface area contributed by atoms with Crippen molar-refractivity contribution < 1.29 is 13.2 Å². The van der Waals surface area contributed by atoms with Gasteiger partial charge in [-0.05, 0) is 42.2 Å². The Morgan fingerprint density at radius 3 is 2.51 bits per heavy atom. The van der Waals surface area contributed by atoms with E-state index in [2.05, 4.69) is 47.0 Å². The van der Waals surface area contributed by atoms with Crippen LogP contribution in [0.2, 0.25) is 5.02 Å². The van der Waals surface area contributed by atoms with Gasteiger partial charge in [-0.3, -0.25) is 0 Å². The summed E-state index contributed by atoms with van der Waals surface area (Å²) in [5.41, 5.74) is 6.98. The van der Waals surface area contributed by atoms with Gasteiger partial charge < -0.3 is 9.88 Å². The van der Waals surface area contributed by atoms with E-state index in [0.29, 0.717) is 24.5 Å². The average molecular weight is 551 g/mol. The number of halogens is 4. The lowest BCUT2D eigenvalue weighted by atomic mass is 9.97. The Labute approximate surface area is 228 Å². The summed E-state index contributed by atoms with van der Waals surface area (Å²) in [6, 6.07) is 13.1. The van der Waals surface area contributed by atoms with Crippen molar-refractivity contribution >= 4 is 28.5 Å². The first-order valence-corrected chi connectivity index (χ1v) is 13.3. The lowest BCUT2D eigenvalue weighted by molar-refractivity contribution is -0.141. The maximum absolute atomic E-state index is 13.4. The number of rotatable bonds is 5. The van der Waals surface area contributed by atoms with Crippen LogP contribution < -0.4 is 4.90 Å². The van der Waals surface area contributed by atoms with Crippen molar-refractivity contribution in [3.8, 4) is 16.9 Å². The molecule has 2 aromatic carbocycles. The molecule has 10 heteroatoms. The Hall–Kier alpha value is -3.85. The van der Waals surface area contributed by atoms with Gasteiger partial charge in [0.05, 0.1) is 27.6 Å². The molecule has 0 amide bonds. The fourth-order valence-corrected chi connectivity index (χ4v) is 5.68. The molecule has 0 saturated carbocycles. The summed E-state index contributed by atoms with van der Waals surface area (Å²) >= 11 is 6.51. The number of aryl methyl sites for hydroxylation is 2. The fourth-order valence-electron chi connectivity index (χ4n) is 5.46. The number of hydrogen-bond donors (Lipinski definition) is 1. The first-order chi connectivity index (χ1) is 18.8. The predicted molar refractivity (Wildman–Crippen MR) is 146 cm³/mol. The van der Waals surface area contributed by atoms with Crippen LogP contribution in [-0.2, 0) is 32.0 Å². The molecular formula is C29H26ClF3N6. The van der Waals surface area contributed by atoms with Gasteiger partial charge in [0, 0.05) is 48.4 Å². The van der Waals surface area contributed by atoms with E-state index in [1.807, 2.05) is 29.1 Å². The molecule has 5 aromatic rings. The first kappa shape index (κ1) is 25.4. The van der Waals surface area contributed by atoms with Crippen LogP contribution in [0.25, 0.3) is 27.8 Å². The zero-order valence-corrected chi connectivity index (χ0v) is 22.2. The first-order valence-electron chi connectivity index (χ1n) is 12.9. The van der Waals surface area contributed by atoms with Crippen LogP contribution in [0.1, 0.15) is 41.9 Å². The van der Waals surface area contributed by atoms with Crippen LogP contribution >= 0.6 is 11.6 Å². The van der Waals surface area contributed by atoms with E-state index in [1.165, 1.54) is 17.3 Å². The third-order valence-corrected chi connectivity index (χ3v) is 7.67. The summed E-state index contributed by atoms with van der Waals surface area (Å²) in [4.78, 5) is 13.1. The number of alkyl halides is 3. The maximum atomic E-state index is 13.4. The van der Waals surface area contributed by atoms with E-state index in [-0.39, 0.29) is 5.95 Å². The zero-order valence-electron chi connectivity index (χ0n) is 21.5. The highest BCUT2D eigenvalue weighted by Crippen LogP contribution is 2.40. The van der Waals surface area contributed by atoms with Crippen molar-refractivity contribution in [1.82, 2.24) is 24.7 Å². The normalized spacial score (nSPS) is 13.7. The lowest BCUT2D eigenvalue weighted by Crippen LogP contribution is -2.32. The second-order valence-corrected chi connectivity index (χ2v) is 10.00. The maximum Gasteiger partial charge on any atom is 0.433 e. The van der Waals surface area contributed by atoms with Crippen LogP contribution in [0.15, 0.2) is 54.9 Å². The SMILES string of the molecule is CCc1cccc(CC)c1-n1nc2c(c1-c1ccc(Cl)c3[nH]ccc13)CN(c1nccc(C(F)(F)F)n1)CC2. The third-order valence-electron chi connectivity index (χ3n) is 7.35. The summed E-state index contributed by atoms with van der Waals surface area (Å²) in [7, 11) is 0. The molecular weight excluding hydrogens is 525 g/mol. The van der Waals surface area contributed by atoms with Gasteiger partial charge in [0.1, 0.15) is 5.69 Å². The molecule has 0 fully saturated rings. The number of benzene rings is 2. The standard InChI is InChI=1S/C29H26ClF3N6/c1-3-17-6-5-7-18(4-2)26(17)39-27(20-8-9-22(30)25-19(20)10-13-34-25)21-16-38(15-12-23(21)37-39)28-35-14-11-24(36-28)29(31,32)33/h5-11,13-14,34H,3-4,12,15-16H2,1-2H3. The fraction of sp³-hybridized carbons (Fsp3) is 0.276. The number of nitrogens with one attached hydrogen (secondary N) is 1. The van der Waals surface area contributed by atoms with Crippen molar-refractivity contribution in [2.24, 2.45) is 0 Å². The van der Waals surface area contributed by atoms with E-state index in [1.54, 1.807) is 4.90 Å². The summed E-state index contributed by atoms with van der Waals surface area (Å²) < 4.78 is 42.3. The van der Waals surface area contributed by atoms with Crippen LogP contribution in [0.4, 0.5) is 19.1 Å². The monoisotopic (exact) mass is 550 g/mol. The molecule has 0 atom stereocenters. The molecule has 200 valence electrons. The van der Waals surface area contributed by atoms with Gasteiger partial charge in [0.2, 0.25) is 5.95 Å². The molecule has 0 unspecified atom stereocenters. The van der Waals surface area contributed by atoms with Gasteiger partial charge in [-0.15, -0.1) is 0 Å². The van der Waals surface area contributed by atoms with Crippen molar-refractivity contribution in [1.29, 1.82) is 0 Å². The number of anilines is 1. The van der Waals surface area contributed by atoms with Gasteiger partial charge in [-0.1, -0.05) is 49.7 Å². The van der Waals surface area contributed by atoms with Crippen molar-refractivity contribution in [2.75, 3.05) is 11.4 Å². The molecule has 1 aliphatic rings. The van der Waals surface area contributed by atoms with Gasteiger partial charge in [0.15, 0.2) is 0 Å². The quantitative estimate of drug-likeness (QED) is 0.252. The number of aromatic nitrogens is 5. The van der Waals surface area contributed by atoms with Crippen LogP contribution in [0, 0.1) is 0 Å². The smallest absolute Gasteiger partial charge is 0.360 e. The number of nitrogens with zero attached hydrogens (tertiary/aromatic N) is 5. The topological polar surface area (TPSA) is 62.6 Å². The molecule has 1 aliphatic heterocycles. The minimum atomic E-state index is -4.54. The van der Waals surface area contributed by atoms with Crippen LogP contribution in [-0.4, -0.2) is 31.3 Å². The molecule has 6 rings (SSSR count). The zero-order chi connectivity index (χ0) is 27.3. The molecule has 0 bridgehead atoms. The summed E-state index contributed by atoms with van der Waals surface area (Å²) in [5.74, 6) is 0.0558. The highest BCUT2D eigenvalue weighted by Gasteiger charge is 2.34. The highest BCUT2D eigenvalue weighted by molar-refractivity contribution is 6.35. The van der Waals surface area contributed by atoms with E-state index in [0.717, 1.165) is 58.0 Å². The molecule has 6 nitrogen and oxygen atoms in total. The van der Waals surface area contributed by atoms with E-state index in [4.69, 9.17) is 16.7 Å². The Morgan fingerprint density at radius 1 is 1.03 bits per heavy atom. The second-order valence-electron chi connectivity index (χ2n) is 9.59. The average Bonchev–Trinajstić information content (AvgIpc) is 3.58. The Balaban J connectivity index is 1.58. The van der Waals surface area contributed by atoms with Crippen molar-refractivity contribution in [3.63, 3.8) is 0 Å². The van der Waals surface area contributed by atoms with E-state index >= 15 is 0 Å². The minimum Gasteiger partial charge on any atom is -0.360 e. The Morgan fingerprint density at radius 2 is 1.79 bits per heavy atom. The van der Waals surface area contributed by atoms with E-state index < -0.39 is 11.9 Å². The molecule has 3 aromatic heterocycles. The summed E-state index contributed by atoms with van der Waals surface area (Å²) in [5, 5.41) is 6.70. The third kappa shape index (κ3) is 4.34. The number of aromatic amines is 1. The molecule has 0 radical (unpaired) electrons. The van der Waals surface area contributed by atoms with Gasteiger partial charge >= 0.3 is 6.18 Å². The number of para-hydroxylation sites is 1. The molecule has 4 heterocycles. The molecule has 0 aliphatic carbocycles. The van der Waals surface area contributed by atoms with Gasteiger partial charge in [-0.25, -0.2) is 14.6 Å². The van der Waals surface area contributed by atoms with E-state index in [9.17, 15) is 13.2 Å². The molecule has 39 heavy (non-hydrogen) atoms. The lowest BCUT2D eigenvalue weighted by Gasteiger charge is -2.27. The van der Waals surface area contributed by atoms with Gasteiger partial charge in [0.25, 0.3) is 0 Å². The second kappa shape index (κ2) is 9.72. The minimum absolute atomic E-state index is 0.0558. The predicted octanol–water partition coefficient (Wildman–Crippen LogP) is 7.17. The van der Waals surface area contributed by atoms with Gasteiger partial charge in [-0.2, -0.15) is 18.3 Å². The number of fused-ring (bicyclic) bond motifs is 2.